The van der Waals surface area contributed by atoms with E-state index in [1.54, 1.807) is 25.3 Å². The zero-order valence-electron chi connectivity index (χ0n) is 16.6. The number of carbonyl (C=O) groups excluding carboxylic acids is 2. The average Bonchev–Trinajstić information content (AvgIpc) is 2.76. The summed E-state index contributed by atoms with van der Waals surface area (Å²) in [6.07, 6.45) is 1.47. The smallest absolute Gasteiger partial charge is 0.259 e. The molecular weight excluding hydrogens is 378 g/mol. The van der Waals surface area contributed by atoms with Crippen molar-refractivity contribution in [2.45, 2.75) is 0 Å². The van der Waals surface area contributed by atoms with Crippen LogP contribution in [0.2, 0.25) is 0 Å². The molecule has 2 amide bonds. The zero-order valence-corrected chi connectivity index (χ0v) is 16.6. The number of methoxy groups -OCH3 is 4. The van der Waals surface area contributed by atoms with Crippen LogP contribution in [0.5, 0.6) is 23.0 Å². The molecule has 0 fully saturated rings. The number of rotatable bonds is 9. The SMILES string of the molecule is COc1cccc(/C=N/NC(=O)CNC(=O)c2cc(OC)c(OC)c(OC)c2)c1. The van der Waals surface area contributed by atoms with E-state index < -0.39 is 11.8 Å². The van der Waals surface area contributed by atoms with Crippen LogP contribution in [-0.2, 0) is 4.79 Å². The second-order valence-electron chi connectivity index (χ2n) is 5.67. The summed E-state index contributed by atoms with van der Waals surface area (Å²) >= 11 is 0. The van der Waals surface area contributed by atoms with Gasteiger partial charge in [-0.05, 0) is 29.8 Å². The topological polar surface area (TPSA) is 107 Å². The van der Waals surface area contributed by atoms with Gasteiger partial charge in [-0.15, -0.1) is 0 Å². The van der Waals surface area contributed by atoms with Gasteiger partial charge in [0.2, 0.25) is 5.75 Å². The molecule has 0 saturated heterocycles. The minimum absolute atomic E-state index is 0.257. The molecule has 0 bridgehead atoms. The molecule has 2 N–H and O–H groups in total. The molecular formula is C20H23N3O6. The Morgan fingerprint density at radius 3 is 2.24 bits per heavy atom. The third-order valence-corrected chi connectivity index (χ3v) is 3.83. The van der Waals surface area contributed by atoms with E-state index in [4.69, 9.17) is 18.9 Å². The first-order chi connectivity index (χ1) is 14.0. The molecule has 0 heterocycles. The molecule has 154 valence electrons. The molecule has 0 aliphatic rings. The second kappa shape index (κ2) is 10.5. The third-order valence-electron chi connectivity index (χ3n) is 3.83. The quantitative estimate of drug-likeness (QED) is 0.488. The summed E-state index contributed by atoms with van der Waals surface area (Å²) < 4.78 is 20.8. The molecule has 0 atom stereocenters. The first-order valence-corrected chi connectivity index (χ1v) is 8.56. The summed E-state index contributed by atoms with van der Waals surface area (Å²) in [5.41, 5.74) is 3.36. The predicted octanol–water partition coefficient (Wildman–Crippen LogP) is 1.60. The highest BCUT2D eigenvalue weighted by Gasteiger charge is 2.17. The van der Waals surface area contributed by atoms with Crippen LogP contribution in [0.4, 0.5) is 0 Å². The monoisotopic (exact) mass is 401 g/mol. The summed E-state index contributed by atoms with van der Waals surface area (Å²) in [7, 11) is 5.94. The highest BCUT2D eigenvalue weighted by Crippen LogP contribution is 2.38. The minimum Gasteiger partial charge on any atom is -0.497 e. The van der Waals surface area contributed by atoms with E-state index in [9.17, 15) is 9.59 Å². The fourth-order valence-corrected chi connectivity index (χ4v) is 2.41. The summed E-state index contributed by atoms with van der Waals surface area (Å²) in [6.45, 7) is -0.259. The number of hydrogen-bond acceptors (Lipinski definition) is 7. The van der Waals surface area contributed by atoms with Gasteiger partial charge >= 0.3 is 0 Å². The maximum Gasteiger partial charge on any atom is 0.259 e. The Kier molecular flexibility index (Phi) is 7.84. The van der Waals surface area contributed by atoms with Crippen LogP contribution in [0, 0.1) is 0 Å². The van der Waals surface area contributed by atoms with Gasteiger partial charge in [0.15, 0.2) is 11.5 Å². The summed E-state index contributed by atoms with van der Waals surface area (Å²) in [5.74, 6) is 0.767. The number of hydrogen-bond donors (Lipinski definition) is 2. The Hall–Kier alpha value is -3.75. The Morgan fingerprint density at radius 2 is 1.66 bits per heavy atom. The number of ether oxygens (including phenoxy) is 4. The minimum atomic E-state index is -0.482. The maximum atomic E-state index is 12.4. The lowest BCUT2D eigenvalue weighted by Gasteiger charge is -2.14. The molecule has 0 saturated carbocycles. The van der Waals surface area contributed by atoms with Crippen molar-refractivity contribution < 1.29 is 28.5 Å². The number of benzene rings is 2. The van der Waals surface area contributed by atoms with Crippen molar-refractivity contribution in [1.29, 1.82) is 0 Å². The summed E-state index contributed by atoms with van der Waals surface area (Å²) in [5, 5.41) is 6.37. The molecule has 2 rings (SSSR count). The summed E-state index contributed by atoms with van der Waals surface area (Å²) in [4.78, 5) is 24.3. The molecule has 2 aromatic rings. The Labute approximate surface area is 168 Å². The van der Waals surface area contributed by atoms with Crippen LogP contribution in [0.3, 0.4) is 0 Å². The third kappa shape index (κ3) is 5.86. The van der Waals surface area contributed by atoms with Crippen molar-refractivity contribution in [2.75, 3.05) is 35.0 Å². The van der Waals surface area contributed by atoms with Crippen LogP contribution in [0.1, 0.15) is 15.9 Å². The van der Waals surface area contributed by atoms with Crippen LogP contribution in [-0.4, -0.2) is 53.0 Å². The number of carbonyl (C=O) groups is 2. The van der Waals surface area contributed by atoms with E-state index >= 15 is 0 Å². The van der Waals surface area contributed by atoms with Gasteiger partial charge in [0.05, 0.1) is 41.2 Å². The molecule has 9 nitrogen and oxygen atoms in total. The zero-order chi connectivity index (χ0) is 21.2. The fraction of sp³-hybridized carbons (Fsp3) is 0.250. The predicted molar refractivity (Wildman–Crippen MR) is 107 cm³/mol. The van der Waals surface area contributed by atoms with E-state index in [1.807, 2.05) is 6.07 Å². The maximum absolute atomic E-state index is 12.4. The van der Waals surface area contributed by atoms with Gasteiger partial charge < -0.3 is 24.3 Å². The fourth-order valence-electron chi connectivity index (χ4n) is 2.41. The molecule has 0 spiro atoms. The molecule has 9 heteroatoms. The highest BCUT2D eigenvalue weighted by atomic mass is 16.5. The highest BCUT2D eigenvalue weighted by molar-refractivity contribution is 5.97. The van der Waals surface area contributed by atoms with E-state index in [0.717, 1.165) is 5.56 Å². The van der Waals surface area contributed by atoms with Gasteiger partial charge in [0.1, 0.15) is 5.75 Å². The standard InChI is InChI=1S/C20H23N3O6/c1-26-15-7-5-6-13(8-15)11-22-23-18(24)12-21-20(25)14-9-16(27-2)19(29-4)17(10-14)28-3/h5-11H,12H2,1-4H3,(H,21,25)(H,23,24)/b22-11+. The van der Waals surface area contributed by atoms with Gasteiger partial charge in [-0.3, -0.25) is 9.59 Å². The van der Waals surface area contributed by atoms with Crippen LogP contribution in [0.15, 0.2) is 41.5 Å². The van der Waals surface area contributed by atoms with Gasteiger partial charge in [0, 0.05) is 5.56 Å². The lowest BCUT2D eigenvalue weighted by atomic mass is 10.1. The number of nitrogens with one attached hydrogen (secondary N) is 2. The van der Waals surface area contributed by atoms with Crippen LogP contribution >= 0.6 is 0 Å². The van der Waals surface area contributed by atoms with Crippen molar-refractivity contribution >= 4 is 18.0 Å². The van der Waals surface area contributed by atoms with Gasteiger partial charge in [-0.2, -0.15) is 5.10 Å². The van der Waals surface area contributed by atoms with Gasteiger partial charge in [0.25, 0.3) is 11.8 Å². The van der Waals surface area contributed by atoms with Gasteiger partial charge in [-0.1, -0.05) is 12.1 Å². The Balaban J connectivity index is 1.94. The molecule has 0 aliphatic heterocycles. The average molecular weight is 401 g/mol. The van der Waals surface area contributed by atoms with Crippen molar-refractivity contribution in [3.8, 4) is 23.0 Å². The lowest BCUT2D eigenvalue weighted by Crippen LogP contribution is -2.34. The number of hydrazone groups is 1. The van der Waals surface area contributed by atoms with E-state index in [0.29, 0.717) is 23.0 Å². The molecule has 0 unspecified atom stereocenters. The van der Waals surface area contributed by atoms with E-state index in [1.165, 1.54) is 39.7 Å². The summed E-state index contributed by atoms with van der Waals surface area (Å²) in [6, 6.07) is 10.2. The molecule has 0 aliphatic carbocycles. The first kappa shape index (κ1) is 21.5. The molecule has 0 radical (unpaired) electrons. The number of nitrogens with zero attached hydrogens (tertiary/aromatic N) is 1. The Morgan fingerprint density at radius 1 is 0.966 bits per heavy atom. The van der Waals surface area contributed by atoms with E-state index in [-0.39, 0.29) is 12.1 Å². The molecule has 0 aromatic heterocycles. The van der Waals surface area contributed by atoms with E-state index in [2.05, 4.69) is 15.8 Å². The Bertz CT molecular complexity index is 873. The molecule has 29 heavy (non-hydrogen) atoms. The van der Waals surface area contributed by atoms with Crippen molar-refractivity contribution in [3.63, 3.8) is 0 Å². The van der Waals surface area contributed by atoms with Crippen LogP contribution in [0.25, 0.3) is 0 Å². The number of amides is 2. The molecule has 2 aromatic carbocycles. The normalized spacial score (nSPS) is 10.3. The van der Waals surface area contributed by atoms with Gasteiger partial charge in [-0.25, -0.2) is 5.43 Å². The van der Waals surface area contributed by atoms with Crippen molar-refractivity contribution in [1.82, 2.24) is 10.7 Å². The second-order valence-corrected chi connectivity index (χ2v) is 5.67. The van der Waals surface area contributed by atoms with Crippen molar-refractivity contribution in [3.05, 3.63) is 47.5 Å². The first-order valence-electron chi connectivity index (χ1n) is 8.56. The largest absolute Gasteiger partial charge is 0.497 e. The van der Waals surface area contributed by atoms with Crippen LogP contribution < -0.4 is 29.7 Å². The lowest BCUT2D eigenvalue weighted by molar-refractivity contribution is -0.120. The van der Waals surface area contributed by atoms with Crippen molar-refractivity contribution in [2.24, 2.45) is 5.10 Å².